The lowest BCUT2D eigenvalue weighted by Crippen LogP contribution is -2.43. The van der Waals surface area contributed by atoms with Crippen molar-refractivity contribution in [2.75, 3.05) is 33.3 Å². The van der Waals surface area contributed by atoms with E-state index < -0.39 is 6.09 Å². The number of likely N-dealkylation sites (tertiary alicyclic amines) is 1. The number of ether oxygens (including phenoxy) is 1. The number of halogens is 1. The second-order valence-electron chi connectivity index (χ2n) is 10.4. The Labute approximate surface area is 240 Å². The van der Waals surface area contributed by atoms with E-state index in [0.29, 0.717) is 29.7 Å². The molecule has 40 heavy (non-hydrogen) atoms. The maximum Gasteiger partial charge on any atom is 0.416 e. The number of aliphatic hydroxyl groups excluding tert-OH is 1. The highest BCUT2D eigenvalue weighted by Crippen LogP contribution is 2.42. The molecule has 5 rings (SSSR count). The minimum atomic E-state index is -0.529. The minimum absolute atomic E-state index is 0.0464. The van der Waals surface area contributed by atoms with E-state index in [4.69, 9.17) is 16.3 Å². The van der Waals surface area contributed by atoms with Gasteiger partial charge in [-0.15, -0.1) is 0 Å². The lowest BCUT2D eigenvalue weighted by Gasteiger charge is -2.42. The molecule has 0 radical (unpaired) electrons. The van der Waals surface area contributed by atoms with Crippen LogP contribution in [0.3, 0.4) is 0 Å². The molecule has 1 N–H and O–H groups in total. The summed E-state index contributed by atoms with van der Waals surface area (Å²) >= 11 is 6.07. The normalized spacial score (nSPS) is 15.1. The first-order valence-electron chi connectivity index (χ1n) is 13.6. The van der Waals surface area contributed by atoms with Crippen molar-refractivity contribution in [3.8, 4) is 5.88 Å². The second-order valence-corrected chi connectivity index (χ2v) is 10.8. The molecule has 0 spiro atoms. The first-order chi connectivity index (χ1) is 19.5. The molecular weight excluding hydrogens is 524 g/mol. The second kappa shape index (κ2) is 12.7. The number of imidazole rings is 1. The number of likely N-dealkylation sites (N-methyl/N-ethyl adjacent to an activating group) is 1. The summed E-state index contributed by atoms with van der Waals surface area (Å²) in [4.78, 5) is 21.2. The standard InChI is InChI=1S/C32H35ClN4O3/c1-35(20-21-38)31(39)40-30-29(34-24-37(30)22-25-12-14-28(33)15-13-25)23-36-18-16-32(17-19-36,26-8-4-2-5-9-26)27-10-6-3-7-11-27/h2-15,24,38H,16-23H2,1H3. The topological polar surface area (TPSA) is 70.8 Å². The summed E-state index contributed by atoms with van der Waals surface area (Å²) in [5, 5.41) is 9.94. The van der Waals surface area contributed by atoms with Crippen molar-refractivity contribution in [1.29, 1.82) is 0 Å². The number of aromatic nitrogens is 2. The summed E-state index contributed by atoms with van der Waals surface area (Å²) in [5.74, 6) is 0.424. The van der Waals surface area contributed by atoms with Crippen LogP contribution in [0, 0.1) is 0 Å². The molecule has 1 aromatic heterocycles. The number of amides is 1. The smallest absolute Gasteiger partial charge is 0.395 e. The van der Waals surface area contributed by atoms with Gasteiger partial charge in [0.1, 0.15) is 5.69 Å². The summed E-state index contributed by atoms with van der Waals surface area (Å²) < 4.78 is 7.72. The first kappa shape index (κ1) is 27.9. The van der Waals surface area contributed by atoms with Crippen molar-refractivity contribution in [2.24, 2.45) is 0 Å². The van der Waals surface area contributed by atoms with Crippen molar-refractivity contribution < 1.29 is 14.6 Å². The van der Waals surface area contributed by atoms with E-state index in [0.717, 1.165) is 31.5 Å². The van der Waals surface area contributed by atoms with Crippen LogP contribution in [0.25, 0.3) is 0 Å². The molecule has 1 aliphatic rings. The van der Waals surface area contributed by atoms with Gasteiger partial charge in [0.05, 0.1) is 19.5 Å². The van der Waals surface area contributed by atoms with Gasteiger partial charge in [-0.2, -0.15) is 0 Å². The molecule has 0 unspecified atom stereocenters. The molecule has 7 nitrogen and oxygen atoms in total. The van der Waals surface area contributed by atoms with Gasteiger partial charge < -0.3 is 14.7 Å². The summed E-state index contributed by atoms with van der Waals surface area (Å²) in [7, 11) is 1.61. The SMILES string of the molecule is CN(CCO)C(=O)Oc1c(CN2CCC(c3ccccc3)(c3ccccc3)CC2)ncn1Cc1ccc(Cl)cc1. The fourth-order valence-corrected chi connectivity index (χ4v) is 5.63. The van der Waals surface area contributed by atoms with Crippen LogP contribution in [0.2, 0.25) is 5.02 Å². The molecule has 4 aromatic rings. The number of benzene rings is 3. The van der Waals surface area contributed by atoms with Crippen LogP contribution in [0.1, 0.15) is 35.2 Å². The zero-order valence-electron chi connectivity index (χ0n) is 22.7. The third-order valence-electron chi connectivity index (χ3n) is 7.79. The van der Waals surface area contributed by atoms with Crippen LogP contribution >= 0.6 is 11.6 Å². The number of nitrogens with zero attached hydrogens (tertiary/aromatic N) is 4. The van der Waals surface area contributed by atoms with Gasteiger partial charge in [-0.25, -0.2) is 9.78 Å². The van der Waals surface area contributed by atoms with Crippen LogP contribution in [-0.4, -0.2) is 63.8 Å². The predicted molar refractivity (Wildman–Crippen MR) is 157 cm³/mol. The number of hydrogen-bond acceptors (Lipinski definition) is 5. The van der Waals surface area contributed by atoms with Gasteiger partial charge in [-0.1, -0.05) is 84.4 Å². The van der Waals surface area contributed by atoms with Gasteiger partial charge >= 0.3 is 6.09 Å². The molecule has 1 fully saturated rings. The zero-order chi connectivity index (χ0) is 28.0. The average Bonchev–Trinajstić information content (AvgIpc) is 3.35. The van der Waals surface area contributed by atoms with E-state index in [9.17, 15) is 9.90 Å². The van der Waals surface area contributed by atoms with Gasteiger partial charge in [-0.3, -0.25) is 9.47 Å². The number of carbonyl (C=O) groups excluding carboxylic acids is 1. The van der Waals surface area contributed by atoms with E-state index in [-0.39, 0.29) is 18.6 Å². The number of rotatable bonds is 9. The molecule has 0 saturated carbocycles. The first-order valence-corrected chi connectivity index (χ1v) is 14.0. The maximum absolute atomic E-state index is 12.8. The van der Waals surface area contributed by atoms with Crippen molar-refractivity contribution in [2.45, 2.75) is 31.3 Å². The Kier molecular flexibility index (Phi) is 8.85. The molecule has 0 atom stereocenters. The maximum atomic E-state index is 12.8. The van der Waals surface area contributed by atoms with E-state index >= 15 is 0 Å². The van der Waals surface area contributed by atoms with Crippen LogP contribution in [0.5, 0.6) is 5.88 Å². The number of carbonyl (C=O) groups is 1. The third-order valence-corrected chi connectivity index (χ3v) is 8.05. The molecule has 0 aliphatic carbocycles. The van der Waals surface area contributed by atoms with E-state index in [1.165, 1.54) is 16.0 Å². The van der Waals surface area contributed by atoms with Gasteiger partial charge in [0.25, 0.3) is 0 Å². The Balaban J connectivity index is 1.37. The van der Waals surface area contributed by atoms with Crippen molar-refractivity contribution in [3.05, 3.63) is 119 Å². The van der Waals surface area contributed by atoms with Gasteiger partial charge in [0.15, 0.2) is 0 Å². The number of aliphatic hydroxyl groups is 1. The van der Waals surface area contributed by atoms with E-state index in [2.05, 4.69) is 70.5 Å². The van der Waals surface area contributed by atoms with Gasteiger partial charge in [0.2, 0.25) is 5.88 Å². The lowest BCUT2D eigenvalue weighted by molar-refractivity contribution is 0.144. The molecule has 3 aromatic carbocycles. The van der Waals surface area contributed by atoms with E-state index in [1.54, 1.807) is 13.4 Å². The molecule has 1 amide bonds. The molecule has 208 valence electrons. The van der Waals surface area contributed by atoms with Crippen LogP contribution in [0.4, 0.5) is 4.79 Å². The van der Waals surface area contributed by atoms with Gasteiger partial charge in [-0.05, 0) is 54.8 Å². The summed E-state index contributed by atoms with van der Waals surface area (Å²) in [5.41, 5.74) is 4.37. The Morgan fingerprint density at radius 2 is 1.55 bits per heavy atom. The summed E-state index contributed by atoms with van der Waals surface area (Å²) in [6, 6.07) is 29.1. The molecule has 0 bridgehead atoms. The lowest BCUT2D eigenvalue weighted by atomic mass is 9.68. The van der Waals surface area contributed by atoms with Crippen molar-refractivity contribution >= 4 is 17.7 Å². The Hall–Kier alpha value is -3.65. The Bertz CT molecular complexity index is 1340. The summed E-state index contributed by atoms with van der Waals surface area (Å²) in [6.45, 7) is 2.87. The van der Waals surface area contributed by atoms with Crippen molar-refractivity contribution in [3.63, 3.8) is 0 Å². The molecule has 1 saturated heterocycles. The molecule has 8 heteroatoms. The fraction of sp³-hybridized carbons (Fsp3) is 0.312. The van der Waals surface area contributed by atoms with Crippen LogP contribution < -0.4 is 4.74 Å². The van der Waals surface area contributed by atoms with Crippen LogP contribution in [-0.2, 0) is 18.5 Å². The zero-order valence-corrected chi connectivity index (χ0v) is 23.5. The largest absolute Gasteiger partial charge is 0.416 e. The monoisotopic (exact) mass is 558 g/mol. The highest BCUT2D eigenvalue weighted by atomic mass is 35.5. The molecular formula is C32H35ClN4O3. The highest BCUT2D eigenvalue weighted by Gasteiger charge is 2.38. The van der Waals surface area contributed by atoms with Crippen LogP contribution in [0.15, 0.2) is 91.3 Å². The summed E-state index contributed by atoms with van der Waals surface area (Å²) in [6.07, 6.45) is 3.14. The minimum Gasteiger partial charge on any atom is -0.395 e. The molecule has 1 aliphatic heterocycles. The highest BCUT2D eigenvalue weighted by molar-refractivity contribution is 6.30. The number of piperidine rings is 1. The Morgan fingerprint density at radius 3 is 2.12 bits per heavy atom. The van der Waals surface area contributed by atoms with Gasteiger partial charge in [0, 0.05) is 30.6 Å². The number of hydrogen-bond donors (Lipinski definition) is 1. The predicted octanol–water partition coefficient (Wildman–Crippen LogP) is 5.59. The molecule has 2 heterocycles. The Morgan fingerprint density at radius 1 is 0.950 bits per heavy atom. The fourth-order valence-electron chi connectivity index (χ4n) is 5.50. The third kappa shape index (κ3) is 6.22. The van der Waals surface area contributed by atoms with E-state index in [1.807, 2.05) is 28.8 Å². The average molecular weight is 559 g/mol. The quantitative estimate of drug-likeness (QED) is 0.290. The van der Waals surface area contributed by atoms with Crippen molar-refractivity contribution in [1.82, 2.24) is 19.4 Å².